The molecule has 0 atom stereocenters. The fourth-order valence-electron chi connectivity index (χ4n) is 3.77. The molecule has 0 aliphatic carbocycles. The summed E-state index contributed by atoms with van der Waals surface area (Å²) in [4.78, 5) is 28.2. The summed E-state index contributed by atoms with van der Waals surface area (Å²) in [5.41, 5.74) is 7.67. The molecule has 1 aliphatic heterocycles. The number of halogens is 1. The van der Waals surface area contributed by atoms with E-state index in [1.807, 2.05) is 13.1 Å². The van der Waals surface area contributed by atoms with E-state index in [0.29, 0.717) is 29.2 Å². The van der Waals surface area contributed by atoms with Crippen molar-refractivity contribution in [2.75, 3.05) is 30.3 Å². The zero-order valence-corrected chi connectivity index (χ0v) is 21.1. The number of sulfonamides is 1. The summed E-state index contributed by atoms with van der Waals surface area (Å²) < 4.78 is 27.1. The minimum atomic E-state index is -3.78. The third-order valence-electron chi connectivity index (χ3n) is 5.62. The summed E-state index contributed by atoms with van der Waals surface area (Å²) in [6.07, 6.45) is 0.692. The number of amides is 2. The molecule has 2 aromatic carbocycles. The van der Waals surface area contributed by atoms with Crippen molar-refractivity contribution < 1.29 is 18.0 Å². The van der Waals surface area contributed by atoms with Crippen molar-refractivity contribution in [3.05, 3.63) is 76.2 Å². The maximum absolute atomic E-state index is 12.9. The van der Waals surface area contributed by atoms with Crippen LogP contribution in [0.4, 0.5) is 10.7 Å². The second-order valence-electron chi connectivity index (χ2n) is 7.85. The fraction of sp³-hybridized carbons (Fsp3) is 0.217. The van der Waals surface area contributed by atoms with Crippen LogP contribution in [0.1, 0.15) is 31.2 Å². The molecule has 4 rings (SSSR count). The second-order valence-corrected chi connectivity index (χ2v) is 10.9. The molecule has 0 bridgehead atoms. The van der Waals surface area contributed by atoms with Gasteiger partial charge in [0.15, 0.2) is 0 Å². The zero-order chi connectivity index (χ0) is 23.8. The third kappa shape index (κ3) is 4.95. The smallest absolute Gasteiger partial charge is 0.264 e. The molecule has 0 spiro atoms. The van der Waals surface area contributed by atoms with Crippen LogP contribution in [0.3, 0.4) is 0 Å². The molecule has 34 heavy (non-hydrogen) atoms. The lowest BCUT2D eigenvalue weighted by Gasteiger charge is -2.22. The van der Waals surface area contributed by atoms with Gasteiger partial charge in [0, 0.05) is 30.6 Å². The Hall–Kier alpha value is -2.92. The molecule has 1 aromatic heterocycles. The van der Waals surface area contributed by atoms with E-state index in [9.17, 15) is 18.0 Å². The molecule has 11 heteroatoms. The van der Waals surface area contributed by atoms with Crippen LogP contribution in [-0.2, 0) is 23.0 Å². The Morgan fingerprint density at radius 1 is 1.09 bits per heavy atom. The summed E-state index contributed by atoms with van der Waals surface area (Å²) in [5, 5.41) is 3.21. The molecule has 0 fully saturated rings. The third-order valence-corrected chi connectivity index (χ3v) is 8.55. The Bertz CT molecular complexity index is 1310. The van der Waals surface area contributed by atoms with Gasteiger partial charge in [-0.1, -0.05) is 18.2 Å². The molecule has 8 nitrogen and oxygen atoms in total. The second kappa shape index (κ2) is 10.1. The van der Waals surface area contributed by atoms with Crippen LogP contribution in [0.5, 0.6) is 0 Å². The first-order valence-electron chi connectivity index (χ1n) is 10.3. The number of carbonyl (C=O) groups excluding carboxylic acids is 2. The topological polar surface area (TPSA) is 113 Å². The highest BCUT2D eigenvalue weighted by Crippen LogP contribution is 2.37. The Labute approximate surface area is 208 Å². The van der Waals surface area contributed by atoms with E-state index >= 15 is 0 Å². The van der Waals surface area contributed by atoms with E-state index in [-0.39, 0.29) is 22.9 Å². The number of nitrogens with one attached hydrogen (secondary N) is 1. The van der Waals surface area contributed by atoms with Crippen molar-refractivity contribution >= 4 is 56.3 Å². The highest BCUT2D eigenvalue weighted by Gasteiger charge is 2.27. The number of hydrogen-bond donors (Lipinski definition) is 2. The van der Waals surface area contributed by atoms with E-state index in [1.54, 1.807) is 24.3 Å². The van der Waals surface area contributed by atoms with Gasteiger partial charge < -0.3 is 16.0 Å². The van der Waals surface area contributed by atoms with Gasteiger partial charge in [0.1, 0.15) is 5.00 Å². The number of fused-ring (bicyclic) bond motifs is 1. The van der Waals surface area contributed by atoms with Crippen molar-refractivity contribution in [2.24, 2.45) is 5.73 Å². The highest BCUT2D eigenvalue weighted by molar-refractivity contribution is 7.92. The molecule has 2 heterocycles. The summed E-state index contributed by atoms with van der Waals surface area (Å²) in [6.45, 7) is 1.50. The van der Waals surface area contributed by atoms with E-state index in [2.05, 4.69) is 10.2 Å². The lowest BCUT2D eigenvalue weighted by atomic mass is 10.0. The maximum atomic E-state index is 12.9. The predicted molar refractivity (Wildman–Crippen MR) is 137 cm³/mol. The largest absolute Gasteiger partial charge is 0.365 e. The summed E-state index contributed by atoms with van der Waals surface area (Å²) >= 11 is 1.35. The van der Waals surface area contributed by atoms with Crippen LogP contribution in [0.15, 0.2) is 59.5 Å². The van der Waals surface area contributed by atoms with Crippen molar-refractivity contribution in [1.82, 2.24) is 4.90 Å². The Balaban J connectivity index is 0.00000324. The molecule has 3 N–H and O–H groups in total. The minimum Gasteiger partial charge on any atom is -0.365 e. The fourth-order valence-corrected chi connectivity index (χ4v) is 6.29. The number of primary amides is 1. The van der Waals surface area contributed by atoms with Gasteiger partial charge in [-0.25, -0.2) is 8.42 Å². The first kappa shape index (κ1) is 25.7. The maximum Gasteiger partial charge on any atom is 0.264 e. The lowest BCUT2D eigenvalue weighted by molar-refractivity contribution is 0.1000. The average molecular weight is 521 g/mol. The van der Waals surface area contributed by atoms with Crippen molar-refractivity contribution in [3.63, 3.8) is 0 Å². The number of nitrogens with zero attached hydrogens (tertiary/aromatic N) is 2. The monoisotopic (exact) mass is 520 g/mol. The molecular weight excluding hydrogens is 496 g/mol. The van der Waals surface area contributed by atoms with E-state index in [4.69, 9.17) is 5.73 Å². The van der Waals surface area contributed by atoms with E-state index in [0.717, 1.165) is 17.0 Å². The number of likely N-dealkylation sites (N-methyl/N-ethyl adjacent to an activating group) is 1. The molecule has 2 amide bonds. The number of nitrogens with two attached hydrogens (primary N) is 1. The number of para-hydroxylation sites is 1. The van der Waals surface area contributed by atoms with Gasteiger partial charge in [0.25, 0.3) is 21.8 Å². The quantitative estimate of drug-likeness (QED) is 0.517. The van der Waals surface area contributed by atoms with Crippen molar-refractivity contribution in [2.45, 2.75) is 17.9 Å². The molecule has 1 aliphatic rings. The summed E-state index contributed by atoms with van der Waals surface area (Å²) in [5.74, 6) is -1.01. The predicted octanol–water partition coefficient (Wildman–Crippen LogP) is 3.33. The Morgan fingerprint density at radius 3 is 2.35 bits per heavy atom. The normalized spacial score (nSPS) is 13.5. The van der Waals surface area contributed by atoms with Crippen LogP contribution in [0.2, 0.25) is 0 Å². The van der Waals surface area contributed by atoms with Crippen LogP contribution in [0, 0.1) is 0 Å². The van der Waals surface area contributed by atoms with Crippen LogP contribution < -0.4 is 15.4 Å². The molecule has 0 saturated heterocycles. The number of benzene rings is 2. The number of thiophene rings is 1. The van der Waals surface area contributed by atoms with Gasteiger partial charge in [-0.05, 0) is 55.4 Å². The van der Waals surface area contributed by atoms with Crippen molar-refractivity contribution in [1.29, 1.82) is 0 Å². The molecular formula is C23H25ClN4O4S2. The first-order chi connectivity index (χ1) is 15.7. The minimum absolute atomic E-state index is 0. The van der Waals surface area contributed by atoms with Gasteiger partial charge >= 0.3 is 0 Å². The van der Waals surface area contributed by atoms with Gasteiger partial charge in [-0.2, -0.15) is 0 Å². The van der Waals surface area contributed by atoms with Gasteiger partial charge in [0.05, 0.1) is 16.1 Å². The number of hydrogen-bond acceptors (Lipinski definition) is 6. The highest BCUT2D eigenvalue weighted by atomic mass is 35.5. The molecule has 180 valence electrons. The zero-order valence-electron chi connectivity index (χ0n) is 18.6. The van der Waals surface area contributed by atoms with Crippen molar-refractivity contribution in [3.8, 4) is 0 Å². The van der Waals surface area contributed by atoms with Crippen LogP contribution in [-0.4, -0.2) is 45.8 Å². The van der Waals surface area contributed by atoms with Crippen LogP contribution >= 0.6 is 23.7 Å². The van der Waals surface area contributed by atoms with Crippen LogP contribution in [0.25, 0.3) is 0 Å². The molecule has 0 radical (unpaired) electrons. The lowest BCUT2D eigenvalue weighted by Crippen LogP contribution is -2.27. The molecule has 0 saturated carbocycles. The van der Waals surface area contributed by atoms with E-state index < -0.39 is 21.8 Å². The van der Waals surface area contributed by atoms with E-state index in [1.165, 1.54) is 47.0 Å². The van der Waals surface area contributed by atoms with Gasteiger partial charge in [-0.15, -0.1) is 23.7 Å². The molecule has 0 unspecified atom stereocenters. The SMILES string of the molecule is CN1CCc2c(sc(NC(=O)c3ccc(S(=O)(=O)N(C)c4ccccc4)cc3)c2C(N)=O)C1.Cl. The number of carbonyl (C=O) groups is 2. The van der Waals surface area contributed by atoms with Gasteiger partial charge in [0.2, 0.25) is 0 Å². The Morgan fingerprint density at radius 2 is 1.74 bits per heavy atom. The summed E-state index contributed by atoms with van der Waals surface area (Å²) in [7, 11) is -0.306. The number of anilines is 2. The molecule has 3 aromatic rings. The standard InChI is InChI=1S/C23H24N4O4S2.ClH/c1-26-13-12-18-19(14-26)32-23(20(18)21(24)28)25-22(29)15-8-10-17(11-9-15)33(30,31)27(2)16-6-4-3-5-7-16;/h3-11H,12-14H2,1-2H3,(H2,24,28)(H,25,29);1H. The average Bonchev–Trinajstić information content (AvgIpc) is 3.16. The first-order valence-corrected chi connectivity index (χ1v) is 12.5. The van der Waals surface area contributed by atoms with Gasteiger partial charge in [-0.3, -0.25) is 13.9 Å². The number of rotatable bonds is 6. The Kier molecular flexibility index (Phi) is 7.67. The summed E-state index contributed by atoms with van der Waals surface area (Å²) in [6, 6.07) is 14.4.